The van der Waals surface area contributed by atoms with E-state index in [0.29, 0.717) is 5.56 Å². The number of aliphatic carboxylic acids is 6. The Morgan fingerprint density at radius 3 is 1.47 bits per heavy atom. The molecule has 1 aliphatic rings. The number of carboxylic acids is 6. The van der Waals surface area contributed by atoms with Gasteiger partial charge in [-0.05, 0) is 59.7 Å². The van der Waals surface area contributed by atoms with Crippen LogP contribution in [-0.2, 0) is 51.3 Å². The SMILES string of the molecule is O=C(O)CCC(NC(=O)NC(CCCCNC(=O)C(Cc1ccc2ccccc2c1)NC(=O)c1ccc(CNC(=O)CN2CCN(CC(=O)O)CCN(CC(=O)O)CCN(CC(=O)O)CC2)cc1)C(=O)O)C(=O)O. The largest absolute Gasteiger partial charge is 0.481 e. The summed E-state index contributed by atoms with van der Waals surface area (Å²) in [6, 6.07) is 14.5. The Balaban J connectivity index is 1.35. The molecule has 25 heteroatoms. The third-order valence-corrected chi connectivity index (χ3v) is 12.0. The number of fused-ring (bicyclic) bond motifs is 1. The van der Waals surface area contributed by atoms with Crippen LogP contribution < -0.4 is 26.6 Å². The zero-order chi connectivity index (χ0) is 54.2. The van der Waals surface area contributed by atoms with Crippen LogP contribution >= 0.6 is 0 Å². The average Bonchev–Trinajstić information content (AvgIpc) is 3.34. The van der Waals surface area contributed by atoms with Crippen LogP contribution in [-0.4, -0.2) is 213 Å². The first-order chi connectivity index (χ1) is 35.2. The van der Waals surface area contributed by atoms with Gasteiger partial charge in [0.1, 0.15) is 18.1 Å². The highest BCUT2D eigenvalue weighted by Crippen LogP contribution is 2.17. The first kappa shape index (κ1) is 58.8. The molecule has 0 aliphatic carbocycles. The number of nitrogens with zero attached hydrogens (tertiary/aromatic N) is 4. The summed E-state index contributed by atoms with van der Waals surface area (Å²) in [5.74, 6) is -8.83. The van der Waals surface area contributed by atoms with E-state index in [9.17, 15) is 73.5 Å². The van der Waals surface area contributed by atoms with E-state index >= 15 is 0 Å². The van der Waals surface area contributed by atoms with Crippen molar-refractivity contribution in [1.29, 1.82) is 0 Å². The van der Waals surface area contributed by atoms with Crippen LogP contribution in [0.2, 0.25) is 0 Å². The fourth-order valence-corrected chi connectivity index (χ4v) is 8.02. The van der Waals surface area contributed by atoms with Crippen molar-refractivity contribution in [2.24, 2.45) is 0 Å². The summed E-state index contributed by atoms with van der Waals surface area (Å²) in [5, 5.41) is 70.9. The van der Waals surface area contributed by atoms with Gasteiger partial charge in [-0.15, -0.1) is 0 Å². The lowest BCUT2D eigenvalue weighted by Gasteiger charge is -2.32. The van der Waals surface area contributed by atoms with Crippen LogP contribution in [0, 0.1) is 0 Å². The van der Waals surface area contributed by atoms with Crippen molar-refractivity contribution in [1.82, 2.24) is 46.2 Å². The number of carboxylic acid groups (broad SMARTS) is 6. The molecular formula is C49H65N9O16. The summed E-state index contributed by atoms with van der Waals surface area (Å²) < 4.78 is 0. The van der Waals surface area contributed by atoms with E-state index in [-0.39, 0.29) is 129 Å². The predicted molar refractivity (Wildman–Crippen MR) is 264 cm³/mol. The number of hydrogen-bond acceptors (Lipinski definition) is 14. The molecule has 4 rings (SSSR count). The number of carbonyl (C=O) groups excluding carboxylic acids is 4. The van der Waals surface area contributed by atoms with Gasteiger partial charge in [0.15, 0.2) is 0 Å². The van der Waals surface area contributed by atoms with Crippen molar-refractivity contribution in [2.75, 3.05) is 85.1 Å². The number of carbonyl (C=O) groups is 10. The normalized spacial score (nSPS) is 15.5. The lowest BCUT2D eigenvalue weighted by molar-refractivity contribution is -0.141. The molecule has 0 radical (unpaired) electrons. The Morgan fingerprint density at radius 1 is 0.486 bits per heavy atom. The highest BCUT2D eigenvalue weighted by molar-refractivity contribution is 5.98. The minimum absolute atomic E-state index is 0.0668. The van der Waals surface area contributed by atoms with Crippen molar-refractivity contribution < 1.29 is 78.6 Å². The lowest BCUT2D eigenvalue weighted by Crippen LogP contribution is -2.51. The second-order valence-electron chi connectivity index (χ2n) is 17.8. The summed E-state index contributed by atoms with van der Waals surface area (Å²) in [6.07, 6.45) is -0.488. The summed E-state index contributed by atoms with van der Waals surface area (Å²) in [6.45, 7) is 1.09. The highest BCUT2D eigenvalue weighted by Gasteiger charge is 2.27. The number of nitrogens with one attached hydrogen (secondary N) is 5. The Morgan fingerprint density at radius 2 is 0.973 bits per heavy atom. The van der Waals surface area contributed by atoms with Crippen molar-refractivity contribution in [3.63, 3.8) is 0 Å². The molecule has 1 fully saturated rings. The molecule has 5 amide bonds. The summed E-state index contributed by atoms with van der Waals surface area (Å²) in [5.41, 5.74) is 1.61. The van der Waals surface area contributed by atoms with Crippen LogP contribution in [0.3, 0.4) is 0 Å². The van der Waals surface area contributed by atoms with E-state index in [1.807, 2.05) is 42.5 Å². The van der Waals surface area contributed by atoms with Crippen LogP contribution in [0.5, 0.6) is 0 Å². The molecule has 25 nitrogen and oxygen atoms in total. The van der Waals surface area contributed by atoms with E-state index < -0.39 is 84.6 Å². The standard InChI is InChI=1S/C49H65N9O16/c59-40(28-55-17-19-56(29-42(62)63)21-23-58(31-44(66)67)24-22-57(20-18-55)30-43(64)65)51-27-32-8-12-35(13-9-32)45(68)52-39(26-33-10-11-34-5-1-2-6-36(34)25-33)46(69)50-16-4-3-7-37(47(70)71)53-49(74)54-38(48(72)73)14-15-41(60)61/h1-2,5-6,8-13,25,37-39H,3-4,7,14-24,26-31H2,(H,50,69)(H,51,59)(H,52,68)(H,60,61)(H,62,63)(H,64,65)(H,66,67)(H,70,71)(H,72,73)(H2,53,54,74). The zero-order valence-electron chi connectivity index (χ0n) is 40.8. The molecule has 0 spiro atoms. The van der Waals surface area contributed by atoms with Gasteiger partial charge in [0, 0.05) is 83.9 Å². The zero-order valence-corrected chi connectivity index (χ0v) is 40.8. The van der Waals surface area contributed by atoms with Gasteiger partial charge in [-0.2, -0.15) is 0 Å². The molecule has 3 unspecified atom stereocenters. The van der Waals surface area contributed by atoms with Crippen molar-refractivity contribution >= 4 is 70.3 Å². The maximum absolute atomic E-state index is 13.7. The maximum Gasteiger partial charge on any atom is 0.326 e. The quantitative estimate of drug-likeness (QED) is 0.0434. The third-order valence-electron chi connectivity index (χ3n) is 12.0. The lowest BCUT2D eigenvalue weighted by atomic mass is 10.0. The molecule has 0 saturated carbocycles. The summed E-state index contributed by atoms with van der Waals surface area (Å²) >= 11 is 0. The molecule has 402 valence electrons. The maximum atomic E-state index is 13.7. The summed E-state index contributed by atoms with van der Waals surface area (Å²) in [7, 11) is 0. The fourth-order valence-electron chi connectivity index (χ4n) is 8.02. The van der Waals surface area contributed by atoms with E-state index in [0.717, 1.165) is 16.3 Å². The second-order valence-corrected chi connectivity index (χ2v) is 17.8. The number of hydrogen-bond donors (Lipinski definition) is 11. The van der Waals surface area contributed by atoms with Crippen LogP contribution in [0.4, 0.5) is 4.79 Å². The van der Waals surface area contributed by atoms with Gasteiger partial charge < -0.3 is 57.2 Å². The van der Waals surface area contributed by atoms with Gasteiger partial charge >= 0.3 is 41.8 Å². The number of unbranched alkanes of at least 4 members (excludes halogenated alkanes) is 1. The first-order valence-electron chi connectivity index (χ1n) is 24.0. The van der Waals surface area contributed by atoms with Crippen LogP contribution in [0.1, 0.15) is 53.6 Å². The van der Waals surface area contributed by atoms with E-state index in [1.165, 1.54) is 12.1 Å². The topological polar surface area (TPSA) is 365 Å². The molecule has 3 atom stereocenters. The molecule has 0 aromatic heterocycles. The Kier molecular flexibility index (Phi) is 24.1. The Labute approximate surface area is 425 Å². The van der Waals surface area contributed by atoms with Gasteiger partial charge in [-0.1, -0.05) is 54.6 Å². The third kappa shape index (κ3) is 21.9. The second kappa shape index (κ2) is 30.3. The predicted octanol–water partition coefficient (Wildman–Crippen LogP) is -0.371. The number of benzene rings is 3. The highest BCUT2D eigenvalue weighted by atomic mass is 16.4. The summed E-state index contributed by atoms with van der Waals surface area (Å²) in [4.78, 5) is 129. The Hall–Kier alpha value is -7.74. The van der Waals surface area contributed by atoms with E-state index in [1.54, 1.807) is 31.7 Å². The van der Waals surface area contributed by atoms with Crippen molar-refractivity contribution in [3.8, 4) is 0 Å². The van der Waals surface area contributed by atoms with Crippen molar-refractivity contribution in [3.05, 3.63) is 83.4 Å². The Bertz CT molecular complexity index is 2410. The molecule has 3 aromatic carbocycles. The number of rotatable bonds is 27. The van der Waals surface area contributed by atoms with Crippen LogP contribution in [0.15, 0.2) is 66.7 Å². The van der Waals surface area contributed by atoms with Crippen molar-refractivity contribution in [2.45, 2.75) is 63.2 Å². The van der Waals surface area contributed by atoms with Gasteiger partial charge in [-0.3, -0.25) is 53.2 Å². The minimum atomic E-state index is -1.56. The van der Waals surface area contributed by atoms with Gasteiger partial charge in [0.05, 0.1) is 26.2 Å². The number of amides is 5. The minimum Gasteiger partial charge on any atom is -0.481 e. The van der Waals surface area contributed by atoms with E-state index in [4.69, 9.17) is 5.11 Å². The fraction of sp³-hybridized carbons (Fsp3) is 0.469. The average molecular weight is 1040 g/mol. The molecular weight excluding hydrogens is 971 g/mol. The van der Waals surface area contributed by atoms with Gasteiger partial charge in [-0.25, -0.2) is 14.4 Å². The van der Waals surface area contributed by atoms with Crippen LogP contribution in [0.25, 0.3) is 10.8 Å². The smallest absolute Gasteiger partial charge is 0.326 e. The number of urea groups is 1. The molecule has 1 heterocycles. The molecule has 1 aliphatic heterocycles. The molecule has 0 bridgehead atoms. The van der Waals surface area contributed by atoms with Gasteiger partial charge in [0.25, 0.3) is 5.91 Å². The van der Waals surface area contributed by atoms with Gasteiger partial charge in [0.2, 0.25) is 11.8 Å². The van der Waals surface area contributed by atoms with E-state index in [2.05, 4.69) is 26.6 Å². The monoisotopic (exact) mass is 1040 g/mol. The molecule has 11 N–H and O–H groups in total. The first-order valence-corrected chi connectivity index (χ1v) is 24.0. The molecule has 74 heavy (non-hydrogen) atoms. The molecule has 1 saturated heterocycles. The molecule has 3 aromatic rings.